The maximum atomic E-state index is 4.25. The number of hydrogen-bond acceptors (Lipinski definition) is 1. The van der Waals surface area contributed by atoms with E-state index < -0.39 is 0 Å². The van der Waals surface area contributed by atoms with E-state index in [1.54, 1.807) is 14.2 Å². The number of halogens is 2. The lowest BCUT2D eigenvalue weighted by molar-refractivity contribution is 0.277. The number of ether oxygens (including phenoxy) is 1. The fraction of sp³-hybridized carbons (Fsp3) is 0.250. The summed E-state index contributed by atoms with van der Waals surface area (Å²) in [6.45, 7) is 0. The van der Waals surface area contributed by atoms with Gasteiger partial charge in [-0.25, -0.2) is 0 Å². The maximum absolute atomic E-state index is 4.25. The van der Waals surface area contributed by atoms with Crippen molar-refractivity contribution in [1.82, 2.24) is 0 Å². The number of rotatable bonds is 0. The van der Waals surface area contributed by atoms with E-state index in [2.05, 4.69) is 39.5 Å². The molecule has 1 nitrogen and oxygen atoms in total. The van der Waals surface area contributed by atoms with Crippen LogP contribution >= 0.6 is 39.6 Å². The molecular weight excluding hydrogens is 319 g/mol. The third kappa shape index (κ3) is 10.4. The van der Waals surface area contributed by atoms with E-state index in [9.17, 15) is 0 Å². The van der Waals surface area contributed by atoms with Crippen LogP contribution in [0.1, 0.15) is 0 Å². The van der Waals surface area contributed by atoms with Crippen molar-refractivity contribution < 1.29 is 4.74 Å². The van der Waals surface area contributed by atoms with Gasteiger partial charge in [0.25, 0.3) is 0 Å². The molecule has 11 heavy (non-hydrogen) atoms. The normalized spacial score (nSPS) is 7.18. The minimum Gasteiger partial charge on any atom is -0.388 e. The van der Waals surface area contributed by atoms with E-state index in [-0.39, 0.29) is 17.0 Å². The van der Waals surface area contributed by atoms with E-state index in [1.807, 2.05) is 18.2 Å². The smallest absolute Gasteiger partial charge is 0.0351 e. The molecule has 1 rings (SSSR count). The van der Waals surface area contributed by atoms with Crippen LogP contribution in [0.2, 0.25) is 0 Å². The Bertz CT molecular complexity index is 155. The highest BCUT2D eigenvalue weighted by Gasteiger charge is 1.74. The summed E-state index contributed by atoms with van der Waals surface area (Å²) in [5, 5.41) is 0. The van der Waals surface area contributed by atoms with Gasteiger partial charge >= 0.3 is 0 Å². The Labute approximate surface area is 92.1 Å². The van der Waals surface area contributed by atoms with Crippen LogP contribution < -0.4 is 0 Å². The zero-order valence-corrected chi connectivity index (χ0v) is 10.5. The third-order valence-corrected chi connectivity index (χ3v) is 1.45. The Kier molecular flexibility index (Phi) is 13.2. The lowest BCUT2D eigenvalue weighted by Gasteiger charge is -1.80. The zero-order chi connectivity index (χ0) is 7.82. The topological polar surface area (TPSA) is 9.23 Å². The van der Waals surface area contributed by atoms with E-state index in [4.69, 9.17) is 0 Å². The summed E-state index contributed by atoms with van der Waals surface area (Å²) < 4.78 is 5.54. The first-order valence-electron chi connectivity index (χ1n) is 2.92. The van der Waals surface area contributed by atoms with Crippen molar-refractivity contribution in [2.24, 2.45) is 0 Å². The van der Waals surface area contributed by atoms with Gasteiger partial charge < -0.3 is 4.74 Å². The monoisotopic (exact) mass is 330 g/mol. The van der Waals surface area contributed by atoms with Crippen LogP contribution in [0.3, 0.4) is 0 Å². The molecule has 0 aliphatic rings. The number of hydrogen-bond donors (Lipinski definition) is 0. The van der Waals surface area contributed by atoms with E-state index >= 15 is 0 Å². The molecule has 0 unspecified atom stereocenters. The quantitative estimate of drug-likeness (QED) is 0.664. The fourth-order valence-electron chi connectivity index (χ4n) is 0.415. The molecule has 0 aliphatic heterocycles. The molecule has 0 spiro atoms. The van der Waals surface area contributed by atoms with Crippen LogP contribution in [0.5, 0.6) is 0 Å². The standard InChI is InChI=1S/C6H5I.C2H6O.BrH/c7-6-4-2-1-3-5-6;1-3-2;/h1-5H;1-2H3;1H. The molecule has 64 valence electrons. The first-order chi connectivity index (χ1) is 4.81. The second kappa shape index (κ2) is 10.4. The molecule has 0 N–H and O–H groups in total. The van der Waals surface area contributed by atoms with E-state index in [0.717, 1.165) is 0 Å². The molecule has 0 saturated heterocycles. The molecule has 0 radical (unpaired) electrons. The number of methoxy groups -OCH3 is 1. The van der Waals surface area contributed by atoms with Gasteiger partial charge in [-0.2, -0.15) is 0 Å². The summed E-state index contributed by atoms with van der Waals surface area (Å²) >= 11 is 2.28. The molecule has 0 aliphatic carbocycles. The van der Waals surface area contributed by atoms with Gasteiger partial charge in [-0.1, -0.05) is 18.2 Å². The van der Waals surface area contributed by atoms with Crippen LogP contribution in [0.4, 0.5) is 0 Å². The van der Waals surface area contributed by atoms with Crippen molar-refractivity contribution in [1.29, 1.82) is 0 Å². The Morgan fingerprint density at radius 3 is 1.64 bits per heavy atom. The molecule has 1 aromatic carbocycles. The van der Waals surface area contributed by atoms with Crippen molar-refractivity contribution in [2.75, 3.05) is 14.2 Å². The van der Waals surface area contributed by atoms with E-state index in [1.165, 1.54) is 3.57 Å². The predicted molar refractivity (Wildman–Crippen MR) is 62.4 cm³/mol. The molecule has 0 fully saturated rings. The molecule has 0 heterocycles. The van der Waals surface area contributed by atoms with Gasteiger partial charge in [0.1, 0.15) is 0 Å². The molecular formula is C8H12BrIO. The van der Waals surface area contributed by atoms with Crippen LogP contribution in [0.15, 0.2) is 30.3 Å². The van der Waals surface area contributed by atoms with Gasteiger partial charge in [0.05, 0.1) is 0 Å². The molecule has 0 atom stereocenters. The van der Waals surface area contributed by atoms with Gasteiger partial charge in [0.2, 0.25) is 0 Å². The zero-order valence-electron chi connectivity index (χ0n) is 6.58. The van der Waals surface area contributed by atoms with Crippen LogP contribution in [0, 0.1) is 3.57 Å². The minimum atomic E-state index is 0. The average molecular weight is 331 g/mol. The highest BCUT2D eigenvalue weighted by Crippen LogP contribution is 1.99. The summed E-state index contributed by atoms with van der Waals surface area (Å²) in [5.41, 5.74) is 0. The Balaban J connectivity index is 0. The summed E-state index contributed by atoms with van der Waals surface area (Å²) in [5.74, 6) is 0. The third-order valence-electron chi connectivity index (χ3n) is 0.733. The first-order valence-corrected chi connectivity index (χ1v) is 3.99. The first kappa shape index (κ1) is 13.9. The van der Waals surface area contributed by atoms with Crippen LogP contribution in [-0.2, 0) is 4.74 Å². The van der Waals surface area contributed by atoms with Crippen molar-refractivity contribution >= 4 is 39.6 Å². The largest absolute Gasteiger partial charge is 0.388 e. The Morgan fingerprint density at radius 1 is 1.09 bits per heavy atom. The lowest BCUT2D eigenvalue weighted by Crippen LogP contribution is -1.61. The highest BCUT2D eigenvalue weighted by molar-refractivity contribution is 14.1. The lowest BCUT2D eigenvalue weighted by atomic mass is 10.4. The highest BCUT2D eigenvalue weighted by atomic mass is 127. The van der Waals surface area contributed by atoms with Crippen molar-refractivity contribution in [3.63, 3.8) is 0 Å². The van der Waals surface area contributed by atoms with Gasteiger partial charge in [-0.05, 0) is 34.7 Å². The molecule has 3 heteroatoms. The SMILES string of the molecule is Br.COC.Ic1ccccc1. The van der Waals surface area contributed by atoms with Crippen molar-refractivity contribution in [3.05, 3.63) is 33.9 Å². The van der Waals surface area contributed by atoms with Crippen molar-refractivity contribution in [2.45, 2.75) is 0 Å². The minimum absolute atomic E-state index is 0. The Hall–Kier alpha value is 0.390. The molecule has 0 amide bonds. The van der Waals surface area contributed by atoms with Gasteiger partial charge in [0.15, 0.2) is 0 Å². The fourth-order valence-corrected chi connectivity index (χ4v) is 0.830. The van der Waals surface area contributed by atoms with Crippen LogP contribution in [0.25, 0.3) is 0 Å². The maximum Gasteiger partial charge on any atom is 0.0351 e. The second-order valence-electron chi connectivity index (χ2n) is 1.70. The van der Waals surface area contributed by atoms with Gasteiger partial charge in [0, 0.05) is 17.8 Å². The van der Waals surface area contributed by atoms with Crippen LogP contribution in [-0.4, -0.2) is 14.2 Å². The van der Waals surface area contributed by atoms with Gasteiger partial charge in [-0.3, -0.25) is 0 Å². The summed E-state index contributed by atoms with van der Waals surface area (Å²) in [6.07, 6.45) is 0. The Morgan fingerprint density at radius 2 is 1.45 bits per heavy atom. The number of benzene rings is 1. The predicted octanol–water partition coefficient (Wildman–Crippen LogP) is 3.13. The molecule has 0 aromatic heterocycles. The average Bonchev–Trinajstić information content (AvgIpc) is 1.91. The summed E-state index contributed by atoms with van der Waals surface area (Å²) in [7, 11) is 3.25. The van der Waals surface area contributed by atoms with Gasteiger partial charge in [-0.15, -0.1) is 17.0 Å². The molecule has 0 saturated carbocycles. The molecule has 1 aromatic rings. The van der Waals surface area contributed by atoms with E-state index in [0.29, 0.717) is 0 Å². The summed E-state index contributed by atoms with van der Waals surface area (Å²) in [4.78, 5) is 0. The second-order valence-corrected chi connectivity index (χ2v) is 2.95. The van der Waals surface area contributed by atoms with Crippen molar-refractivity contribution in [3.8, 4) is 0 Å². The molecule has 0 bridgehead atoms. The summed E-state index contributed by atoms with van der Waals surface area (Å²) in [6, 6.07) is 10.2.